The molecule has 62 valence electrons. The summed E-state index contributed by atoms with van der Waals surface area (Å²) in [6.07, 6.45) is 1.87. The van der Waals surface area contributed by atoms with Crippen molar-refractivity contribution in [2.24, 2.45) is 0 Å². The van der Waals surface area contributed by atoms with E-state index in [0.717, 1.165) is 25.9 Å². The first-order chi connectivity index (χ1) is 5.13. The fraction of sp³-hybridized carbons (Fsp3) is 0.778. The van der Waals surface area contributed by atoms with Gasteiger partial charge in [0, 0.05) is 18.6 Å². The predicted molar refractivity (Wildman–Crippen MR) is 44.4 cm³/mol. The Morgan fingerprint density at radius 3 is 3.09 bits per heavy atom. The van der Waals surface area contributed by atoms with E-state index in [9.17, 15) is 5.11 Å². The second-order valence-electron chi connectivity index (χ2n) is 3.93. The first-order valence-corrected chi connectivity index (χ1v) is 4.24. The van der Waals surface area contributed by atoms with Crippen molar-refractivity contribution in [3.8, 4) is 0 Å². The number of nitrogens with zero attached hydrogens (tertiary/aromatic N) is 1. The summed E-state index contributed by atoms with van der Waals surface area (Å²) in [4.78, 5) is 2.35. The van der Waals surface area contributed by atoms with Crippen LogP contribution in [0.2, 0.25) is 0 Å². The molecule has 2 saturated heterocycles. The van der Waals surface area contributed by atoms with E-state index in [1.165, 1.54) is 5.57 Å². The van der Waals surface area contributed by atoms with Gasteiger partial charge in [0.1, 0.15) is 0 Å². The molecule has 2 heterocycles. The van der Waals surface area contributed by atoms with Crippen LogP contribution in [-0.2, 0) is 0 Å². The van der Waals surface area contributed by atoms with E-state index in [1.54, 1.807) is 0 Å². The summed E-state index contributed by atoms with van der Waals surface area (Å²) >= 11 is 0. The van der Waals surface area contributed by atoms with Crippen LogP contribution in [0.3, 0.4) is 0 Å². The quantitative estimate of drug-likeness (QED) is 0.520. The van der Waals surface area contributed by atoms with Gasteiger partial charge in [-0.3, -0.25) is 4.90 Å². The second-order valence-corrected chi connectivity index (χ2v) is 3.93. The fourth-order valence-corrected chi connectivity index (χ4v) is 2.35. The Morgan fingerprint density at radius 2 is 2.45 bits per heavy atom. The molecule has 2 fully saturated rings. The van der Waals surface area contributed by atoms with E-state index in [4.69, 9.17) is 0 Å². The van der Waals surface area contributed by atoms with Gasteiger partial charge in [0.15, 0.2) is 0 Å². The lowest BCUT2D eigenvalue weighted by Crippen LogP contribution is -2.35. The van der Waals surface area contributed by atoms with Crippen LogP contribution in [0.25, 0.3) is 0 Å². The Hall–Kier alpha value is -0.340. The number of fused-ring (bicyclic) bond motifs is 1. The van der Waals surface area contributed by atoms with Crippen molar-refractivity contribution in [1.29, 1.82) is 0 Å². The molecule has 2 nitrogen and oxygen atoms in total. The first-order valence-electron chi connectivity index (χ1n) is 4.24. The first kappa shape index (κ1) is 7.32. The maximum atomic E-state index is 9.44. The highest BCUT2D eigenvalue weighted by atomic mass is 16.3. The highest BCUT2D eigenvalue weighted by Gasteiger charge is 2.46. The maximum Gasteiger partial charge on any atom is 0.0688 e. The summed E-state index contributed by atoms with van der Waals surface area (Å²) in [5.74, 6) is 0. The minimum Gasteiger partial charge on any atom is -0.392 e. The monoisotopic (exact) mass is 153 g/mol. The highest BCUT2D eigenvalue weighted by Crippen LogP contribution is 2.41. The van der Waals surface area contributed by atoms with Crippen LogP contribution in [0.5, 0.6) is 0 Å². The molecule has 0 radical (unpaired) electrons. The van der Waals surface area contributed by atoms with Gasteiger partial charge in [-0.2, -0.15) is 0 Å². The zero-order valence-electron chi connectivity index (χ0n) is 7.01. The average Bonchev–Trinajstić information content (AvgIpc) is 2.32. The average molecular weight is 153 g/mol. The molecule has 0 bridgehead atoms. The zero-order chi connectivity index (χ0) is 8.06. The molecule has 0 spiro atoms. The lowest BCUT2D eigenvalue weighted by Gasteiger charge is -2.27. The largest absolute Gasteiger partial charge is 0.392 e. The molecule has 0 aliphatic carbocycles. The van der Waals surface area contributed by atoms with E-state index in [2.05, 4.69) is 18.4 Å². The predicted octanol–water partition coefficient (Wildman–Crippen LogP) is 0.772. The van der Waals surface area contributed by atoms with Crippen LogP contribution in [-0.4, -0.2) is 34.7 Å². The van der Waals surface area contributed by atoms with Crippen molar-refractivity contribution in [2.75, 3.05) is 13.1 Å². The normalized spacial score (nSPS) is 44.9. The van der Waals surface area contributed by atoms with Crippen LogP contribution in [0, 0.1) is 0 Å². The van der Waals surface area contributed by atoms with Crippen molar-refractivity contribution < 1.29 is 5.11 Å². The van der Waals surface area contributed by atoms with Crippen molar-refractivity contribution in [3.05, 3.63) is 12.2 Å². The van der Waals surface area contributed by atoms with Gasteiger partial charge >= 0.3 is 0 Å². The maximum absolute atomic E-state index is 9.44. The minimum absolute atomic E-state index is 0.124. The Bertz CT molecular complexity index is 202. The van der Waals surface area contributed by atoms with Gasteiger partial charge in [-0.1, -0.05) is 12.2 Å². The van der Waals surface area contributed by atoms with E-state index >= 15 is 0 Å². The number of hydrogen-bond acceptors (Lipinski definition) is 2. The van der Waals surface area contributed by atoms with Crippen molar-refractivity contribution >= 4 is 0 Å². The minimum atomic E-state index is -0.128. The van der Waals surface area contributed by atoms with E-state index < -0.39 is 0 Å². The summed E-state index contributed by atoms with van der Waals surface area (Å²) < 4.78 is 0. The molecular weight excluding hydrogens is 138 g/mol. The van der Waals surface area contributed by atoms with Gasteiger partial charge in [0.2, 0.25) is 0 Å². The number of aliphatic hydroxyl groups is 1. The molecular formula is C9H15NO. The lowest BCUT2D eigenvalue weighted by atomic mass is 9.92. The summed E-state index contributed by atoms with van der Waals surface area (Å²) in [7, 11) is 0. The summed E-state index contributed by atoms with van der Waals surface area (Å²) in [6.45, 7) is 8.18. The Morgan fingerprint density at radius 1 is 1.73 bits per heavy atom. The van der Waals surface area contributed by atoms with Crippen LogP contribution in [0.4, 0.5) is 0 Å². The van der Waals surface area contributed by atoms with Gasteiger partial charge in [0.25, 0.3) is 0 Å². The molecule has 0 amide bonds. The smallest absolute Gasteiger partial charge is 0.0688 e. The number of β-amino-alcohol motifs (C(OH)–C–C–N with tert-alkyl or cyclic N) is 1. The van der Waals surface area contributed by atoms with Gasteiger partial charge < -0.3 is 5.11 Å². The molecule has 1 N–H and O–H groups in total. The Labute approximate surface area is 67.5 Å². The van der Waals surface area contributed by atoms with Crippen LogP contribution in [0.15, 0.2) is 12.2 Å². The molecule has 11 heavy (non-hydrogen) atoms. The van der Waals surface area contributed by atoms with Crippen molar-refractivity contribution in [3.63, 3.8) is 0 Å². The van der Waals surface area contributed by atoms with Gasteiger partial charge in [-0.15, -0.1) is 0 Å². The molecule has 2 atom stereocenters. The van der Waals surface area contributed by atoms with E-state index in [1.807, 2.05) is 0 Å². The van der Waals surface area contributed by atoms with Gasteiger partial charge in [-0.25, -0.2) is 0 Å². The standard InChI is InChI=1S/C9H15NO/c1-7-3-4-10-6-8(11)5-9(7,10)2/h8,11H,1,3-6H2,2H3/t8-,9+/m1/s1. The topological polar surface area (TPSA) is 23.5 Å². The van der Waals surface area contributed by atoms with Gasteiger partial charge in [0.05, 0.1) is 6.10 Å². The van der Waals surface area contributed by atoms with E-state index in [0.29, 0.717) is 0 Å². The number of rotatable bonds is 0. The summed E-state index contributed by atoms with van der Waals surface area (Å²) in [5, 5.41) is 9.44. The van der Waals surface area contributed by atoms with Crippen molar-refractivity contribution in [1.82, 2.24) is 4.90 Å². The number of hydrogen-bond donors (Lipinski definition) is 1. The van der Waals surface area contributed by atoms with Crippen LogP contribution < -0.4 is 0 Å². The molecule has 2 aliphatic rings. The molecule has 2 aliphatic heterocycles. The SMILES string of the molecule is C=C1CCN2C[C@H](O)C[C@@]12C. The zero-order valence-corrected chi connectivity index (χ0v) is 7.01. The molecule has 0 unspecified atom stereocenters. The second kappa shape index (κ2) is 2.08. The summed E-state index contributed by atoms with van der Waals surface area (Å²) in [6, 6.07) is 0. The third-order valence-electron chi connectivity index (χ3n) is 3.21. The Balaban J connectivity index is 2.26. The van der Waals surface area contributed by atoms with Crippen molar-refractivity contribution in [2.45, 2.75) is 31.4 Å². The van der Waals surface area contributed by atoms with E-state index in [-0.39, 0.29) is 11.6 Å². The summed E-state index contributed by atoms with van der Waals surface area (Å²) in [5.41, 5.74) is 1.42. The molecule has 2 heteroatoms. The van der Waals surface area contributed by atoms with Crippen LogP contribution >= 0.6 is 0 Å². The Kier molecular flexibility index (Phi) is 1.38. The lowest BCUT2D eigenvalue weighted by molar-refractivity contribution is 0.177. The molecule has 0 saturated carbocycles. The highest BCUT2D eigenvalue weighted by molar-refractivity contribution is 5.24. The molecule has 0 aromatic heterocycles. The third kappa shape index (κ3) is 0.861. The molecule has 0 aromatic rings. The molecule has 0 aromatic carbocycles. The fourth-order valence-electron chi connectivity index (χ4n) is 2.35. The van der Waals surface area contributed by atoms with Crippen LogP contribution in [0.1, 0.15) is 19.8 Å². The van der Waals surface area contributed by atoms with Gasteiger partial charge in [-0.05, 0) is 19.8 Å². The molecule has 2 rings (SSSR count). The number of aliphatic hydroxyl groups excluding tert-OH is 1. The third-order valence-corrected chi connectivity index (χ3v) is 3.21.